The van der Waals surface area contributed by atoms with Crippen molar-refractivity contribution in [2.24, 2.45) is 0 Å². The number of carbonyl (C=O) groups is 2. The molecule has 0 spiro atoms. The second-order valence-electron chi connectivity index (χ2n) is 9.44. The molecule has 7 heteroatoms. The first kappa shape index (κ1) is 24.0. The molecule has 2 aromatic carbocycles. The van der Waals surface area contributed by atoms with Crippen LogP contribution in [0.2, 0.25) is 0 Å². The molecule has 6 heterocycles. The number of aliphatic carboxylic acids is 1. The van der Waals surface area contributed by atoms with Gasteiger partial charge in [0.1, 0.15) is 6.61 Å². The van der Waals surface area contributed by atoms with Crippen LogP contribution in [0.25, 0.3) is 0 Å². The Labute approximate surface area is 210 Å². The standard InChI is InChI=1S/C29H30N2O5/c1-19-14-27-30-17-26(19)25(16-28(32)33)23-7-6-21-8-10-31(18-24(21)15-23)29(34)22-4-2-20(3-5-22)9-11-35-12-13-36-27/h2-7,14-15,17,25H,8-13,16,18H2,1H3,(H,32,33)/t25-/m1/s1. The third-order valence-corrected chi connectivity index (χ3v) is 7.03. The third kappa shape index (κ3) is 5.26. The molecule has 5 aliphatic rings. The summed E-state index contributed by atoms with van der Waals surface area (Å²) in [4.78, 5) is 31.4. The highest BCUT2D eigenvalue weighted by molar-refractivity contribution is 5.94. The van der Waals surface area contributed by atoms with Crippen LogP contribution in [0.3, 0.4) is 0 Å². The fourth-order valence-electron chi connectivity index (χ4n) is 5.03. The van der Waals surface area contributed by atoms with Gasteiger partial charge in [-0.3, -0.25) is 9.59 Å². The fourth-order valence-corrected chi connectivity index (χ4v) is 5.03. The lowest BCUT2D eigenvalue weighted by atomic mass is 9.84. The minimum Gasteiger partial charge on any atom is -0.481 e. The van der Waals surface area contributed by atoms with E-state index in [9.17, 15) is 14.7 Å². The molecule has 1 N–H and O–H groups in total. The van der Waals surface area contributed by atoms with E-state index < -0.39 is 5.97 Å². The molecule has 0 aliphatic carbocycles. The number of carboxylic acids is 1. The van der Waals surface area contributed by atoms with Crippen molar-refractivity contribution in [3.8, 4) is 5.88 Å². The van der Waals surface area contributed by atoms with Crippen LogP contribution in [0.15, 0.2) is 54.7 Å². The molecule has 1 atom stereocenters. The number of amides is 1. The van der Waals surface area contributed by atoms with Gasteiger partial charge in [0.05, 0.1) is 19.6 Å². The van der Waals surface area contributed by atoms with Crippen molar-refractivity contribution in [3.05, 3.63) is 93.7 Å². The van der Waals surface area contributed by atoms with E-state index in [0.29, 0.717) is 44.4 Å². The minimum atomic E-state index is -0.875. The molecule has 1 aromatic heterocycles. The lowest BCUT2D eigenvalue weighted by Crippen LogP contribution is -2.36. The predicted octanol–water partition coefficient (Wildman–Crippen LogP) is 4.15. The van der Waals surface area contributed by atoms with E-state index in [1.807, 2.05) is 48.2 Å². The normalized spacial score (nSPS) is 18.1. The molecule has 7 bridgehead atoms. The molecule has 36 heavy (non-hydrogen) atoms. The second kappa shape index (κ2) is 10.5. The van der Waals surface area contributed by atoms with Crippen molar-refractivity contribution in [2.45, 2.75) is 38.6 Å². The Hall–Kier alpha value is -3.71. The Morgan fingerprint density at radius 1 is 1.06 bits per heavy atom. The number of hydrogen-bond donors (Lipinski definition) is 1. The van der Waals surface area contributed by atoms with E-state index >= 15 is 0 Å². The maximum atomic E-state index is 13.3. The van der Waals surface area contributed by atoms with E-state index in [1.54, 1.807) is 6.20 Å². The number of carbonyl (C=O) groups excluding carboxylic acids is 1. The zero-order valence-electron chi connectivity index (χ0n) is 20.4. The van der Waals surface area contributed by atoms with Crippen LogP contribution in [-0.2, 0) is 28.9 Å². The summed E-state index contributed by atoms with van der Waals surface area (Å²) in [6, 6.07) is 15.7. The highest BCUT2D eigenvalue weighted by Crippen LogP contribution is 2.34. The number of nitrogens with zero attached hydrogens (tertiary/aromatic N) is 2. The molecule has 0 fully saturated rings. The van der Waals surface area contributed by atoms with Crippen molar-refractivity contribution in [3.63, 3.8) is 0 Å². The van der Waals surface area contributed by atoms with Crippen LogP contribution in [0, 0.1) is 6.92 Å². The molecular weight excluding hydrogens is 456 g/mol. The van der Waals surface area contributed by atoms with Gasteiger partial charge in [-0.25, -0.2) is 4.98 Å². The topological polar surface area (TPSA) is 89.0 Å². The molecule has 5 aliphatic heterocycles. The van der Waals surface area contributed by atoms with Gasteiger partial charge < -0.3 is 19.5 Å². The van der Waals surface area contributed by atoms with E-state index in [0.717, 1.165) is 40.7 Å². The summed E-state index contributed by atoms with van der Waals surface area (Å²) in [6.45, 7) is 4.48. The SMILES string of the molecule is Cc1cc2ncc1[C@H](CC(=O)O)c1ccc3c(c1)CN(CC3)C(=O)c1ccc(cc1)CCOCCO2. The van der Waals surface area contributed by atoms with Gasteiger partial charge >= 0.3 is 5.97 Å². The van der Waals surface area contributed by atoms with Gasteiger partial charge in [0.15, 0.2) is 0 Å². The van der Waals surface area contributed by atoms with Gasteiger partial charge in [-0.2, -0.15) is 0 Å². The third-order valence-electron chi connectivity index (χ3n) is 7.03. The highest BCUT2D eigenvalue weighted by atomic mass is 16.5. The Morgan fingerprint density at radius 3 is 2.67 bits per heavy atom. The minimum absolute atomic E-state index is 0.00890. The van der Waals surface area contributed by atoms with Crippen LogP contribution in [-0.4, -0.2) is 53.2 Å². The molecule has 3 aromatic rings. The van der Waals surface area contributed by atoms with Crippen molar-refractivity contribution >= 4 is 11.9 Å². The van der Waals surface area contributed by atoms with Gasteiger partial charge in [-0.15, -0.1) is 0 Å². The van der Waals surface area contributed by atoms with Crippen LogP contribution >= 0.6 is 0 Å². The lowest BCUT2D eigenvalue weighted by molar-refractivity contribution is -0.137. The van der Waals surface area contributed by atoms with Gasteiger partial charge in [-0.05, 0) is 65.3 Å². The van der Waals surface area contributed by atoms with Crippen LogP contribution in [0.1, 0.15) is 56.1 Å². The molecule has 0 saturated heterocycles. The Bertz CT molecular complexity index is 1270. The van der Waals surface area contributed by atoms with Crippen molar-refractivity contribution < 1.29 is 24.2 Å². The van der Waals surface area contributed by atoms with Gasteiger partial charge in [-0.1, -0.05) is 30.3 Å². The average Bonchev–Trinajstić information content (AvgIpc) is 2.88. The average molecular weight is 487 g/mol. The smallest absolute Gasteiger partial charge is 0.304 e. The highest BCUT2D eigenvalue weighted by Gasteiger charge is 2.25. The summed E-state index contributed by atoms with van der Waals surface area (Å²) in [5, 5.41) is 9.69. The van der Waals surface area contributed by atoms with E-state index in [1.165, 1.54) is 5.56 Å². The summed E-state index contributed by atoms with van der Waals surface area (Å²) < 4.78 is 11.5. The van der Waals surface area contributed by atoms with Gasteiger partial charge in [0.25, 0.3) is 5.91 Å². The van der Waals surface area contributed by atoms with Gasteiger partial charge in [0, 0.05) is 36.8 Å². The first-order chi connectivity index (χ1) is 17.5. The van der Waals surface area contributed by atoms with Crippen molar-refractivity contribution in [1.82, 2.24) is 9.88 Å². The lowest BCUT2D eigenvalue weighted by Gasteiger charge is -2.30. The summed E-state index contributed by atoms with van der Waals surface area (Å²) in [6.07, 6.45) is 3.20. The van der Waals surface area contributed by atoms with Crippen LogP contribution in [0.5, 0.6) is 5.88 Å². The number of ether oxygens (including phenoxy) is 2. The van der Waals surface area contributed by atoms with Crippen LogP contribution in [0.4, 0.5) is 0 Å². The zero-order chi connectivity index (χ0) is 25.1. The quantitative estimate of drug-likeness (QED) is 0.586. The number of hydrogen-bond acceptors (Lipinski definition) is 5. The zero-order valence-corrected chi connectivity index (χ0v) is 20.4. The Morgan fingerprint density at radius 2 is 1.89 bits per heavy atom. The van der Waals surface area contributed by atoms with E-state index in [-0.39, 0.29) is 18.2 Å². The molecular formula is C29H30N2O5. The summed E-state index contributed by atoms with van der Waals surface area (Å²) in [5.41, 5.74) is 6.74. The maximum absolute atomic E-state index is 13.3. The maximum Gasteiger partial charge on any atom is 0.304 e. The van der Waals surface area contributed by atoms with E-state index in [2.05, 4.69) is 17.1 Å². The first-order valence-corrected chi connectivity index (χ1v) is 12.4. The Balaban J connectivity index is 1.52. The second-order valence-corrected chi connectivity index (χ2v) is 9.44. The number of carboxylic acid groups (broad SMARTS) is 1. The molecule has 1 amide bonds. The Kier molecular flexibility index (Phi) is 7.00. The molecule has 0 saturated carbocycles. The molecule has 7 nitrogen and oxygen atoms in total. The number of benzene rings is 2. The summed E-state index contributed by atoms with van der Waals surface area (Å²) >= 11 is 0. The molecule has 186 valence electrons. The summed E-state index contributed by atoms with van der Waals surface area (Å²) in [7, 11) is 0. The predicted molar refractivity (Wildman–Crippen MR) is 134 cm³/mol. The molecule has 8 rings (SSSR count). The number of aromatic nitrogens is 1. The van der Waals surface area contributed by atoms with Gasteiger partial charge in [0.2, 0.25) is 5.88 Å². The van der Waals surface area contributed by atoms with Crippen molar-refractivity contribution in [1.29, 1.82) is 0 Å². The van der Waals surface area contributed by atoms with E-state index in [4.69, 9.17) is 9.47 Å². The first-order valence-electron chi connectivity index (χ1n) is 12.4. The number of rotatable bonds is 2. The summed E-state index contributed by atoms with van der Waals surface area (Å²) in [5.74, 6) is -0.726. The monoisotopic (exact) mass is 486 g/mol. The molecule has 0 unspecified atom stereocenters. The van der Waals surface area contributed by atoms with Crippen LogP contribution < -0.4 is 4.74 Å². The fraction of sp³-hybridized carbons (Fsp3) is 0.345. The molecule has 0 radical (unpaired) electrons. The number of aryl methyl sites for hydroxylation is 1. The van der Waals surface area contributed by atoms with Crippen molar-refractivity contribution in [2.75, 3.05) is 26.4 Å². The number of pyridine rings is 1. The largest absolute Gasteiger partial charge is 0.481 e.